The van der Waals surface area contributed by atoms with Gasteiger partial charge in [0.05, 0.1) is 22.8 Å². The van der Waals surface area contributed by atoms with E-state index in [1.807, 2.05) is 10.9 Å². The number of nitrogens with zero attached hydrogens (tertiary/aromatic N) is 8. The molecule has 0 atom stereocenters. The van der Waals surface area contributed by atoms with E-state index in [0.29, 0.717) is 18.7 Å². The lowest BCUT2D eigenvalue weighted by atomic mass is 10.0. The molecule has 0 saturated carbocycles. The lowest BCUT2D eigenvalue weighted by Gasteiger charge is -2.31. The number of aliphatic hydroxyl groups is 1. The number of aliphatic hydroxyl groups excluding tert-OH is 1. The van der Waals surface area contributed by atoms with Crippen molar-refractivity contribution in [3.8, 4) is 28.2 Å². The van der Waals surface area contributed by atoms with Crippen LogP contribution in [0.15, 0.2) is 42.9 Å². The Balaban J connectivity index is 1.43. The fraction of sp³-hybridized carbons (Fsp3) is 0.273. The van der Waals surface area contributed by atoms with Gasteiger partial charge in [-0.2, -0.15) is 9.78 Å². The van der Waals surface area contributed by atoms with Crippen molar-refractivity contribution in [1.29, 1.82) is 0 Å². The predicted molar refractivity (Wildman–Crippen MR) is 125 cm³/mol. The van der Waals surface area contributed by atoms with E-state index in [4.69, 9.17) is 22.4 Å². The number of nitrogens with two attached hydrogens (primary N) is 1. The number of anilines is 1. The van der Waals surface area contributed by atoms with Crippen molar-refractivity contribution in [3.63, 3.8) is 0 Å². The number of halogens is 2. The number of nitrogen functional groups attached to an aromatic ring is 1. The molecule has 1 aliphatic rings. The van der Waals surface area contributed by atoms with Crippen molar-refractivity contribution in [3.05, 3.63) is 53.7 Å². The van der Waals surface area contributed by atoms with Crippen molar-refractivity contribution in [2.75, 3.05) is 25.4 Å². The molecule has 1 aromatic carbocycles. The molecular formula is C22H21ClFN9O2. The van der Waals surface area contributed by atoms with Crippen molar-refractivity contribution >= 4 is 23.3 Å². The average molecular weight is 498 g/mol. The highest BCUT2D eigenvalue weighted by atomic mass is 35.5. The molecule has 0 aliphatic carbocycles. The van der Waals surface area contributed by atoms with Crippen LogP contribution >= 0.6 is 11.6 Å². The summed E-state index contributed by atoms with van der Waals surface area (Å²) >= 11 is 5.93. The molecule has 0 unspecified atom stereocenters. The molecule has 5 rings (SSSR count). The highest BCUT2D eigenvalue weighted by molar-refractivity contribution is 6.30. The Kier molecular flexibility index (Phi) is 6.14. The lowest BCUT2D eigenvalue weighted by Crippen LogP contribution is -2.40. The number of hydrogen-bond donors (Lipinski definition) is 2. The Morgan fingerprint density at radius 1 is 1.23 bits per heavy atom. The van der Waals surface area contributed by atoms with Crippen molar-refractivity contribution in [2.24, 2.45) is 0 Å². The molecule has 3 N–H and O–H groups in total. The molecule has 0 radical (unpaired) electrons. The average Bonchev–Trinajstić information content (AvgIpc) is 3.56. The van der Waals surface area contributed by atoms with Crippen LogP contribution in [0, 0.1) is 5.82 Å². The summed E-state index contributed by atoms with van der Waals surface area (Å²) < 4.78 is 17.7. The Morgan fingerprint density at radius 2 is 2.03 bits per heavy atom. The van der Waals surface area contributed by atoms with E-state index in [1.54, 1.807) is 29.4 Å². The smallest absolute Gasteiger partial charge is 0.248 e. The van der Waals surface area contributed by atoms with Gasteiger partial charge in [-0.1, -0.05) is 17.7 Å². The highest BCUT2D eigenvalue weighted by Crippen LogP contribution is 2.31. The second-order valence-electron chi connectivity index (χ2n) is 8.12. The number of amides is 1. The topological polar surface area (TPSA) is 141 Å². The zero-order valence-electron chi connectivity index (χ0n) is 18.4. The molecular weight excluding hydrogens is 477 g/mol. The van der Waals surface area contributed by atoms with Crippen LogP contribution in [0.3, 0.4) is 0 Å². The molecule has 13 heteroatoms. The van der Waals surface area contributed by atoms with E-state index in [-0.39, 0.29) is 34.3 Å². The van der Waals surface area contributed by atoms with Crippen molar-refractivity contribution in [1.82, 2.24) is 39.9 Å². The number of carbonyl (C=O) groups is 1. The summed E-state index contributed by atoms with van der Waals surface area (Å²) in [4.78, 5) is 17.6. The zero-order valence-corrected chi connectivity index (χ0v) is 19.2. The van der Waals surface area contributed by atoms with Gasteiger partial charge in [0.25, 0.3) is 0 Å². The summed E-state index contributed by atoms with van der Waals surface area (Å²) in [6.45, 7) is 0.654. The van der Waals surface area contributed by atoms with Gasteiger partial charge in [-0.15, -0.1) is 5.10 Å². The van der Waals surface area contributed by atoms with E-state index in [9.17, 15) is 9.18 Å². The van der Waals surface area contributed by atoms with Gasteiger partial charge in [0.1, 0.15) is 18.1 Å². The maximum Gasteiger partial charge on any atom is 0.248 e. The normalized spacial score (nSPS) is 14.4. The fourth-order valence-corrected chi connectivity index (χ4v) is 4.32. The van der Waals surface area contributed by atoms with Gasteiger partial charge in [-0.05, 0) is 41.5 Å². The third kappa shape index (κ3) is 4.33. The SMILES string of the molecule is Nc1ncc(-c2cnn(C3CCN(C(=O)CO)CC3)c2)cc1-c1nnnn1-c1cccc(Cl)c1F. The van der Waals surface area contributed by atoms with Gasteiger partial charge in [0.2, 0.25) is 5.91 Å². The first-order valence-corrected chi connectivity index (χ1v) is 11.3. The second kappa shape index (κ2) is 9.39. The number of tetrazole rings is 1. The van der Waals surface area contributed by atoms with Crippen molar-refractivity contribution in [2.45, 2.75) is 18.9 Å². The Bertz CT molecular complexity index is 1380. The molecule has 1 fully saturated rings. The highest BCUT2D eigenvalue weighted by Gasteiger charge is 2.24. The van der Waals surface area contributed by atoms with Gasteiger partial charge >= 0.3 is 0 Å². The van der Waals surface area contributed by atoms with Crippen molar-refractivity contribution < 1.29 is 14.3 Å². The molecule has 1 saturated heterocycles. The molecule has 4 aromatic rings. The third-order valence-corrected chi connectivity index (χ3v) is 6.34. The first kappa shape index (κ1) is 22.9. The summed E-state index contributed by atoms with van der Waals surface area (Å²) in [5, 5.41) is 25.1. The number of carbonyl (C=O) groups excluding carboxylic acids is 1. The Morgan fingerprint density at radius 3 is 2.80 bits per heavy atom. The molecule has 0 bridgehead atoms. The first-order chi connectivity index (χ1) is 17.0. The van der Waals surface area contributed by atoms with Crippen LogP contribution in [-0.4, -0.2) is 70.6 Å². The number of piperidine rings is 1. The minimum Gasteiger partial charge on any atom is -0.387 e. The summed E-state index contributed by atoms with van der Waals surface area (Å²) in [5.41, 5.74) is 8.18. The van der Waals surface area contributed by atoms with E-state index < -0.39 is 12.4 Å². The van der Waals surface area contributed by atoms with E-state index in [2.05, 4.69) is 25.6 Å². The number of benzene rings is 1. The van der Waals surface area contributed by atoms with Crippen LogP contribution in [0.1, 0.15) is 18.9 Å². The van der Waals surface area contributed by atoms with Gasteiger partial charge < -0.3 is 15.7 Å². The van der Waals surface area contributed by atoms with Crippen LogP contribution in [0.4, 0.5) is 10.2 Å². The molecule has 1 amide bonds. The number of rotatable bonds is 5. The molecule has 3 aromatic heterocycles. The van der Waals surface area contributed by atoms with Crippen LogP contribution in [0.2, 0.25) is 5.02 Å². The van der Waals surface area contributed by atoms with E-state index in [0.717, 1.165) is 24.0 Å². The van der Waals surface area contributed by atoms with E-state index >= 15 is 0 Å². The number of aromatic nitrogens is 7. The predicted octanol–water partition coefficient (Wildman–Crippen LogP) is 2.12. The van der Waals surface area contributed by atoms with Gasteiger partial charge in [0.15, 0.2) is 11.6 Å². The minimum atomic E-state index is -0.654. The molecule has 1 aliphatic heterocycles. The second-order valence-corrected chi connectivity index (χ2v) is 8.53. The Hall–Kier alpha value is -3.90. The Labute approximate surface area is 203 Å². The molecule has 4 heterocycles. The summed E-state index contributed by atoms with van der Waals surface area (Å²) in [6, 6.07) is 6.45. The van der Waals surface area contributed by atoms with Crippen LogP contribution < -0.4 is 5.73 Å². The monoisotopic (exact) mass is 497 g/mol. The molecule has 11 nitrogen and oxygen atoms in total. The summed E-state index contributed by atoms with van der Waals surface area (Å²) in [5.74, 6) is -0.518. The fourth-order valence-electron chi connectivity index (χ4n) is 4.15. The largest absolute Gasteiger partial charge is 0.387 e. The van der Waals surface area contributed by atoms with Crippen LogP contribution in [0.25, 0.3) is 28.2 Å². The lowest BCUT2D eigenvalue weighted by molar-refractivity contribution is -0.135. The van der Waals surface area contributed by atoms with Gasteiger partial charge in [0, 0.05) is 36.6 Å². The summed E-state index contributed by atoms with van der Waals surface area (Å²) in [7, 11) is 0. The van der Waals surface area contributed by atoms with Gasteiger partial charge in [-0.3, -0.25) is 9.48 Å². The molecule has 35 heavy (non-hydrogen) atoms. The minimum absolute atomic E-state index is 0.0530. The maximum atomic E-state index is 14.6. The third-order valence-electron chi connectivity index (χ3n) is 6.05. The molecule has 180 valence electrons. The summed E-state index contributed by atoms with van der Waals surface area (Å²) in [6.07, 6.45) is 6.72. The number of pyridine rings is 1. The first-order valence-electron chi connectivity index (χ1n) is 10.9. The standard InChI is InChI=1S/C22H21ClFN9O2/c23-17-2-1-3-18(20(17)24)33-22(28-29-30-33)16-8-13(9-26-21(16)25)14-10-27-32(11-14)15-4-6-31(7-5-15)19(35)12-34/h1-3,8-11,15,34H,4-7,12H2,(H2,25,26). The van der Waals surface area contributed by atoms with E-state index in [1.165, 1.54) is 16.8 Å². The quantitative estimate of drug-likeness (QED) is 0.427. The van der Waals surface area contributed by atoms with Gasteiger partial charge in [-0.25, -0.2) is 9.37 Å². The maximum absolute atomic E-state index is 14.6. The number of hydrogen-bond acceptors (Lipinski definition) is 8. The molecule has 0 spiro atoms. The van der Waals surface area contributed by atoms with Crippen LogP contribution in [0.5, 0.6) is 0 Å². The van der Waals surface area contributed by atoms with Crippen LogP contribution in [-0.2, 0) is 4.79 Å². The zero-order chi connectivity index (χ0) is 24.5. The number of likely N-dealkylation sites (tertiary alicyclic amines) is 1.